The van der Waals surface area contributed by atoms with E-state index in [-0.39, 0.29) is 12.0 Å². The zero-order chi connectivity index (χ0) is 17.2. The molecule has 0 aromatic carbocycles. The highest BCUT2D eigenvalue weighted by molar-refractivity contribution is 7.11. The van der Waals surface area contributed by atoms with Crippen molar-refractivity contribution in [3.63, 3.8) is 0 Å². The predicted molar refractivity (Wildman–Crippen MR) is 91.5 cm³/mol. The molecular weight excluding hydrogens is 316 g/mol. The van der Waals surface area contributed by atoms with Gasteiger partial charge < -0.3 is 14.3 Å². The molecule has 0 radical (unpaired) electrons. The van der Waals surface area contributed by atoms with E-state index in [1.54, 1.807) is 7.11 Å². The molecular formula is C16H22N2O4S. The summed E-state index contributed by atoms with van der Waals surface area (Å²) in [6, 6.07) is 0. The number of aromatic nitrogens is 1. The first kappa shape index (κ1) is 19.1. The van der Waals surface area contributed by atoms with Gasteiger partial charge in [-0.05, 0) is 13.0 Å². The van der Waals surface area contributed by atoms with Crippen molar-refractivity contribution in [3.8, 4) is 0 Å². The molecule has 0 N–H and O–H groups in total. The highest BCUT2D eigenvalue weighted by atomic mass is 32.1. The lowest BCUT2D eigenvalue weighted by Gasteiger charge is -2.21. The summed E-state index contributed by atoms with van der Waals surface area (Å²) in [6.07, 6.45) is 5.63. The van der Waals surface area contributed by atoms with Crippen molar-refractivity contribution in [2.45, 2.75) is 20.0 Å². The summed E-state index contributed by atoms with van der Waals surface area (Å²) in [6.45, 7) is 3.77. The van der Waals surface area contributed by atoms with E-state index in [9.17, 15) is 4.79 Å². The minimum atomic E-state index is -0.236. The Bertz CT molecular complexity index is 593. The van der Waals surface area contributed by atoms with Crippen LogP contribution in [0.2, 0.25) is 0 Å². The van der Waals surface area contributed by atoms with Crippen molar-refractivity contribution in [3.05, 3.63) is 34.0 Å². The van der Waals surface area contributed by atoms with Gasteiger partial charge in [0.15, 0.2) is 0 Å². The molecule has 0 spiro atoms. The third-order valence-corrected chi connectivity index (χ3v) is 4.17. The number of methoxy groups -OCH3 is 2. The van der Waals surface area contributed by atoms with Gasteiger partial charge in [-0.25, -0.2) is 4.98 Å². The second kappa shape index (κ2) is 9.91. The molecule has 0 aliphatic rings. The minimum Gasteiger partial charge on any atom is -0.501 e. The summed E-state index contributed by atoms with van der Waals surface area (Å²) in [5.74, 6) is 0.472. The highest BCUT2D eigenvalue weighted by Crippen LogP contribution is 2.20. The molecule has 0 bridgehead atoms. The van der Waals surface area contributed by atoms with Gasteiger partial charge in [0.1, 0.15) is 29.9 Å². The number of carbonyl (C=O) groups excluding carboxylic acids is 1. The van der Waals surface area contributed by atoms with Gasteiger partial charge in [0.2, 0.25) is 0 Å². The first-order valence-corrected chi connectivity index (χ1v) is 7.89. The third-order valence-electron chi connectivity index (χ3n) is 3.20. The van der Waals surface area contributed by atoms with Crippen molar-refractivity contribution >= 4 is 29.4 Å². The molecule has 0 fully saturated rings. The van der Waals surface area contributed by atoms with Gasteiger partial charge in [0.05, 0.1) is 18.9 Å². The van der Waals surface area contributed by atoms with Crippen LogP contribution in [0.4, 0.5) is 0 Å². The van der Waals surface area contributed by atoms with Gasteiger partial charge in [-0.2, -0.15) is 0 Å². The average Bonchev–Trinajstić information content (AvgIpc) is 3.02. The Kier molecular flexibility index (Phi) is 8.21. The van der Waals surface area contributed by atoms with Crippen molar-refractivity contribution < 1.29 is 19.1 Å². The van der Waals surface area contributed by atoms with Gasteiger partial charge in [0, 0.05) is 24.5 Å². The molecule has 1 aromatic rings. The van der Waals surface area contributed by atoms with Crippen LogP contribution in [0.15, 0.2) is 28.4 Å². The van der Waals surface area contributed by atoms with Crippen molar-refractivity contribution in [2.24, 2.45) is 11.1 Å². The number of hydrogen-bond acceptors (Lipinski definition) is 7. The van der Waals surface area contributed by atoms with Gasteiger partial charge in [0.25, 0.3) is 0 Å². The van der Waals surface area contributed by atoms with Gasteiger partial charge >= 0.3 is 0 Å². The van der Waals surface area contributed by atoms with E-state index in [4.69, 9.17) is 14.3 Å². The molecule has 0 saturated heterocycles. The van der Waals surface area contributed by atoms with Crippen LogP contribution in [0.3, 0.4) is 0 Å². The van der Waals surface area contributed by atoms with Crippen LogP contribution >= 0.6 is 11.3 Å². The zero-order valence-electron chi connectivity index (χ0n) is 14.0. The molecule has 1 rings (SSSR count). The fourth-order valence-corrected chi connectivity index (χ4v) is 2.71. The number of aldehydes is 1. The Morgan fingerprint density at radius 2 is 2.13 bits per heavy atom. The van der Waals surface area contributed by atoms with Crippen molar-refractivity contribution in [2.75, 3.05) is 21.3 Å². The molecule has 0 amide bonds. The lowest BCUT2D eigenvalue weighted by molar-refractivity contribution is -0.104. The van der Waals surface area contributed by atoms with Crippen molar-refractivity contribution in [1.82, 2.24) is 4.98 Å². The second-order valence-electron chi connectivity index (χ2n) is 4.69. The number of ether oxygens (including phenoxy) is 2. The minimum absolute atomic E-state index is 0.0960. The summed E-state index contributed by atoms with van der Waals surface area (Å²) in [4.78, 5) is 19.8. The number of oxime groups is 1. The maximum Gasteiger partial charge on any atom is 0.146 e. The van der Waals surface area contributed by atoms with Gasteiger partial charge in [-0.3, -0.25) is 4.79 Å². The SMILES string of the molecule is CO/N=C(/C)c1nc(/C=C/[C@H](OC)[C@@H](C)/C(=C\C=O)OC)cs1. The molecule has 7 heteroatoms. The summed E-state index contributed by atoms with van der Waals surface area (Å²) < 4.78 is 10.7. The molecule has 0 aliphatic carbocycles. The Morgan fingerprint density at radius 3 is 2.70 bits per heavy atom. The Balaban J connectivity index is 2.86. The standard InChI is InChI=1S/C16H22N2O4S/c1-11(15(21-4)8-9-19)14(20-3)7-6-13-10-23-16(17-13)12(2)18-22-5/h6-11,14H,1-5H3/b7-6+,15-8+,18-12-/t11-,14+/m1/s1. The van der Waals surface area contributed by atoms with E-state index in [0.717, 1.165) is 16.4 Å². The maximum atomic E-state index is 10.6. The van der Waals surface area contributed by atoms with Crippen LogP contribution in [0.25, 0.3) is 6.08 Å². The van der Waals surface area contributed by atoms with E-state index >= 15 is 0 Å². The van der Waals surface area contributed by atoms with E-state index in [1.165, 1.54) is 31.6 Å². The van der Waals surface area contributed by atoms with Crippen LogP contribution in [0.5, 0.6) is 0 Å². The monoisotopic (exact) mass is 338 g/mol. The summed E-state index contributed by atoms with van der Waals surface area (Å²) in [7, 11) is 4.65. The number of allylic oxidation sites excluding steroid dienone is 1. The molecule has 0 aliphatic heterocycles. The largest absolute Gasteiger partial charge is 0.501 e. The number of hydrogen-bond donors (Lipinski definition) is 0. The van der Waals surface area contributed by atoms with E-state index in [1.807, 2.05) is 31.4 Å². The topological polar surface area (TPSA) is 70.0 Å². The second-order valence-corrected chi connectivity index (χ2v) is 5.55. The van der Waals surface area contributed by atoms with Crippen LogP contribution in [-0.4, -0.2) is 44.4 Å². The summed E-state index contributed by atoms with van der Waals surface area (Å²) in [5.41, 5.74) is 1.53. The number of carbonyl (C=O) groups is 1. The smallest absolute Gasteiger partial charge is 0.146 e. The first-order chi connectivity index (χ1) is 11.1. The Morgan fingerprint density at radius 1 is 1.39 bits per heavy atom. The quantitative estimate of drug-likeness (QED) is 0.228. The lowest BCUT2D eigenvalue weighted by atomic mass is 10.0. The highest BCUT2D eigenvalue weighted by Gasteiger charge is 2.19. The predicted octanol–water partition coefficient (Wildman–Crippen LogP) is 2.91. The fraction of sp³-hybridized carbons (Fsp3) is 0.438. The molecule has 6 nitrogen and oxygen atoms in total. The normalized spacial score (nSPS) is 15.5. The molecule has 2 atom stereocenters. The van der Waals surface area contributed by atoms with Gasteiger partial charge in [-0.1, -0.05) is 18.2 Å². The zero-order valence-corrected chi connectivity index (χ0v) is 14.8. The van der Waals surface area contributed by atoms with Gasteiger partial charge in [-0.15, -0.1) is 11.3 Å². The van der Waals surface area contributed by atoms with Crippen LogP contribution in [-0.2, 0) is 19.1 Å². The molecule has 0 unspecified atom stereocenters. The molecule has 1 heterocycles. The Labute approximate surface area is 140 Å². The Hall–Kier alpha value is -1.99. The molecule has 0 saturated carbocycles. The number of rotatable bonds is 9. The first-order valence-electron chi connectivity index (χ1n) is 7.01. The van der Waals surface area contributed by atoms with Crippen molar-refractivity contribution in [1.29, 1.82) is 0 Å². The van der Waals surface area contributed by atoms with Crippen LogP contribution in [0.1, 0.15) is 24.5 Å². The van der Waals surface area contributed by atoms with Crippen LogP contribution in [0, 0.1) is 5.92 Å². The van der Waals surface area contributed by atoms with E-state index < -0.39 is 0 Å². The lowest BCUT2D eigenvalue weighted by Crippen LogP contribution is -2.20. The fourth-order valence-electron chi connectivity index (χ4n) is 1.98. The molecule has 1 aromatic heterocycles. The maximum absolute atomic E-state index is 10.6. The average molecular weight is 338 g/mol. The van der Waals surface area contributed by atoms with E-state index in [2.05, 4.69) is 10.1 Å². The van der Waals surface area contributed by atoms with E-state index in [0.29, 0.717) is 12.0 Å². The summed E-state index contributed by atoms with van der Waals surface area (Å²) in [5, 5.41) is 6.59. The summed E-state index contributed by atoms with van der Waals surface area (Å²) >= 11 is 1.49. The number of thiazole rings is 1. The molecule has 126 valence electrons. The number of nitrogens with zero attached hydrogens (tertiary/aromatic N) is 2. The third kappa shape index (κ3) is 5.61. The molecule has 23 heavy (non-hydrogen) atoms. The van der Waals surface area contributed by atoms with Crippen LogP contribution < -0.4 is 0 Å².